The van der Waals surface area contributed by atoms with E-state index in [-0.39, 0.29) is 32.0 Å². The number of hydrogen-bond acceptors (Lipinski definition) is 8. The number of allylic oxidation sites excluding steroid dienone is 6. The molecule has 2 unspecified atom stereocenters. The van der Waals surface area contributed by atoms with Crippen molar-refractivity contribution in [2.75, 3.05) is 47.5 Å². The van der Waals surface area contributed by atoms with Crippen LogP contribution >= 0.6 is 7.82 Å². The first-order valence-electron chi connectivity index (χ1n) is 32.2. The van der Waals surface area contributed by atoms with E-state index in [1.54, 1.807) is 0 Å². The summed E-state index contributed by atoms with van der Waals surface area (Å²) in [7, 11) is 1.18. The number of phosphoric ester groups is 1. The Balaban J connectivity index is 4.00. The Morgan fingerprint density at radius 2 is 0.720 bits per heavy atom. The summed E-state index contributed by atoms with van der Waals surface area (Å²) in [5, 5.41) is 0. The molecule has 75 heavy (non-hydrogen) atoms. The summed E-state index contributed by atoms with van der Waals surface area (Å²) in [4.78, 5) is 37.9. The molecule has 0 aromatic carbocycles. The fraction of sp³-hybridized carbons (Fsp3) is 0.877. The van der Waals surface area contributed by atoms with Crippen LogP contribution in [0, 0.1) is 0 Å². The minimum atomic E-state index is -4.64. The van der Waals surface area contributed by atoms with E-state index >= 15 is 0 Å². The summed E-state index contributed by atoms with van der Waals surface area (Å²) in [6.07, 6.45) is 70.7. The van der Waals surface area contributed by atoms with E-state index in [1.165, 1.54) is 231 Å². The Morgan fingerprint density at radius 1 is 0.413 bits per heavy atom. The molecule has 442 valence electrons. The first-order valence-corrected chi connectivity index (χ1v) is 33.7. The number of esters is 2. The second kappa shape index (κ2) is 56.9. The van der Waals surface area contributed by atoms with E-state index in [1.807, 2.05) is 21.1 Å². The van der Waals surface area contributed by atoms with E-state index in [4.69, 9.17) is 18.5 Å². The average Bonchev–Trinajstić information content (AvgIpc) is 3.37. The van der Waals surface area contributed by atoms with Crippen molar-refractivity contribution in [3.05, 3.63) is 36.5 Å². The summed E-state index contributed by atoms with van der Waals surface area (Å²) in [5.41, 5.74) is 0. The molecular weight excluding hydrogens is 954 g/mol. The highest BCUT2D eigenvalue weighted by molar-refractivity contribution is 7.45. The summed E-state index contributed by atoms with van der Waals surface area (Å²) in [5.74, 6) is -0.822. The highest BCUT2D eigenvalue weighted by Gasteiger charge is 2.22. The number of hydrogen-bond donors (Lipinski definition) is 0. The standard InChI is InChI=1S/C65H124NO8P/c1-6-8-10-12-14-16-18-20-22-24-26-27-28-29-30-31-32-33-34-35-36-37-38-39-40-42-44-46-48-50-52-54-56-58-65(68)74-63(62-73-75(69,70)72-60-59-66(3,4)5)61-71-64(67)57-55-53-51-49-47-45-43-41-25-23-21-19-17-15-13-11-9-7-2/h18,20,23-26,63H,6-17,19,21-22,27-62H2,1-5H3/b20-18-,25-23-,26-24-. The van der Waals surface area contributed by atoms with E-state index < -0.39 is 26.5 Å². The van der Waals surface area contributed by atoms with Gasteiger partial charge in [-0.3, -0.25) is 14.2 Å². The zero-order valence-electron chi connectivity index (χ0n) is 50.3. The molecule has 0 rings (SSSR count). The van der Waals surface area contributed by atoms with Gasteiger partial charge in [-0.15, -0.1) is 0 Å². The third kappa shape index (κ3) is 61.3. The number of unbranched alkanes of at least 4 members (excludes halogenated alkanes) is 40. The van der Waals surface area contributed by atoms with Crippen molar-refractivity contribution < 1.29 is 42.1 Å². The van der Waals surface area contributed by atoms with Crippen LogP contribution in [0.15, 0.2) is 36.5 Å². The van der Waals surface area contributed by atoms with Gasteiger partial charge in [0.1, 0.15) is 19.8 Å². The highest BCUT2D eigenvalue weighted by Crippen LogP contribution is 2.38. The van der Waals surface area contributed by atoms with Gasteiger partial charge in [0.05, 0.1) is 27.7 Å². The molecular formula is C65H124NO8P. The summed E-state index contributed by atoms with van der Waals surface area (Å²) in [6, 6.07) is 0. The maximum absolute atomic E-state index is 12.8. The Bertz CT molecular complexity index is 1360. The summed E-state index contributed by atoms with van der Waals surface area (Å²) < 4.78 is 34.2. The number of carbonyl (C=O) groups excluding carboxylic acids is 2. The van der Waals surface area contributed by atoms with Gasteiger partial charge in [0.15, 0.2) is 6.10 Å². The minimum absolute atomic E-state index is 0.0293. The lowest BCUT2D eigenvalue weighted by molar-refractivity contribution is -0.870. The number of nitrogens with zero attached hydrogens (tertiary/aromatic N) is 1. The van der Waals surface area contributed by atoms with Crippen LogP contribution in [0.3, 0.4) is 0 Å². The maximum atomic E-state index is 12.8. The van der Waals surface area contributed by atoms with Gasteiger partial charge >= 0.3 is 11.9 Å². The Morgan fingerprint density at radius 3 is 1.07 bits per heavy atom. The number of quaternary nitrogens is 1. The zero-order valence-corrected chi connectivity index (χ0v) is 51.2. The predicted molar refractivity (Wildman–Crippen MR) is 319 cm³/mol. The smallest absolute Gasteiger partial charge is 0.306 e. The van der Waals surface area contributed by atoms with Crippen molar-refractivity contribution in [1.29, 1.82) is 0 Å². The quantitative estimate of drug-likeness (QED) is 0.0195. The molecule has 0 saturated heterocycles. The van der Waals surface area contributed by atoms with Crippen LogP contribution in [0.1, 0.15) is 316 Å². The number of ether oxygens (including phenoxy) is 2. The third-order valence-corrected chi connectivity index (χ3v) is 15.3. The number of phosphoric acid groups is 1. The minimum Gasteiger partial charge on any atom is -0.756 e. The van der Waals surface area contributed by atoms with Gasteiger partial charge in [-0.25, -0.2) is 0 Å². The van der Waals surface area contributed by atoms with Gasteiger partial charge in [-0.1, -0.05) is 269 Å². The largest absolute Gasteiger partial charge is 0.756 e. The van der Waals surface area contributed by atoms with Gasteiger partial charge < -0.3 is 27.9 Å². The third-order valence-electron chi connectivity index (χ3n) is 14.4. The van der Waals surface area contributed by atoms with Gasteiger partial charge in [0.25, 0.3) is 7.82 Å². The fourth-order valence-electron chi connectivity index (χ4n) is 9.39. The highest BCUT2D eigenvalue weighted by atomic mass is 31.2. The molecule has 0 aliphatic carbocycles. The van der Waals surface area contributed by atoms with Crippen molar-refractivity contribution in [1.82, 2.24) is 0 Å². The van der Waals surface area contributed by atoms with Crippen molar-refractivity contribution in [3.63, 3.8) is 0 Å². The SMILES string of the molecule is CCCCCCC/C=C\C/C=C\CCCCCCCCCCCCCCCCCCCCCCCC(=O)OC(COC(=O)CCCCCCCCC/C=C\CCCCCCCCC)COP(=O)([O-])OCC[N+](C)(C)C. The molecule has 0 heterocycles. The first-order chi connectivity index (χ1) is 36.5. The molecule has 9 nitrogen and oxygen atoms in total. The number of rotatable bonds is 60. The normalized spacial score (nSPS) is 13.4. The van der Waals surface area contributed by atoms with Crippen molar-refractivity contribution in [3.8, 4) is 0 Å². The molecule has 0 saturated carbocycles. The van der Waals surface area contributed by atoms with Gasteiger partial charge in [-0.05, 0) is 70.6 Å². The van der Waals surface area contributed by atoms with Crippen LogP contribution in [-0.4, -0.2) is 70.0 Å². The Hall–Kier alpha value is -1.77. The van der Waals surface area contributed by atoms with Gasteiger partial charge in [-0.2, -0.15) is 0 Å². The van der Waals surface area contributed by atoms with E-state index in [0.29, 0.717) is 17.4 Å². The van der Waals surface area contributed by atoms with Crippen LogP contribution in [0.25, 0.3) is 0 Å². The molecule has 0 aliphatic heterocycles. The molecule has 0 N–H and O–H groups in total. The Kier molecular flexibility index (Phi) is 55.6. The number of likely N-dealkylation sites (N-methyl/N-ethyl adjacent to an activating group) is 1. The van der Waals surface area contributed by atoms with Gasteiger partial charge in [0.2, 0.25) is 0 Å². The molecule has 10 heteroatoms. The van der Waals surface area contributed by atoms with Crippen molar-refractivity contribution in [2.45, 2.75) is 322 Å². The number of carbonyl (C=O) groups is 2. The van der Waals surface area contributed by atoms with Crippen molar-refractivity contribution >= 4 is 19.8 Å². The molecule has 0 aromatic heterocycles. The fourth-order valence-corrected chi connectivity index (χ4v) is 10.1. The van der Waals surface area contributed by atoms with E-state index in [0.717, 1.165) is 51.4 Å². The molecule has 0 fully saturated rings. The lowest BCUT2D eigenvalue weighted by atomic mass is 10.0. The lowest BCUT2D eigenvalue weighted by Gasteiger charge is -2.28. The van der Waals surface area contributed by atoms with E-state index in [2.05, 4.69) is 50.3 Å². The molecule has 0 amide bonds. The molecule has 0 aliphatic rings. The predicted octanol–water partition coefficient (Wildman–Crippen LogP) is 19.7. The van der Waals surface area contributed by atoms with E-state index in [9.17, 15) is 19.0 Å². The molecule has 2 atom stereocenters. The monoisotopic (exact) mass is 1080 g/mol. The summed E-state index contributed by atoms with van der Waals surface area (Å²) >= 11 is 0. The van der Waals surface area contributed by atoms with Gasteiger partial charge in [0, 0.05) is 12.8 Å². The second-order valence-electron chi connectivity index (χ2n) is 23.1. The topological polar surface area (TPSA) is 111 Å². The first kappa shape index (κ1) is 73.2. The average molecular weight is 1080 g/mol. The lowest BCUT2D eigenvalue weighted by Crippen LogP contribution is -2.37. The Labute approximate surface area is 465 Å². The summed E-state index contributed by atoms with van der Waals surface area (Å²) in [6.45, 7) is 4.27. The maximum Gasteiger partial charge on any atom is 0.306 e. The van der Waals surface area contributed by atoms with Crippen molar-refractivity contribution in [2.24, 2.45) is 0 Å². The van der Waals surface area contributed by atoms with Crippen LogP contribution in [0.5, 0.6) is 0 Å². The molecule has 0 bridgehead atoms. The molecule has 0 aromatic rings. The molecule has 0 radical (unpaired) electrons. The van der Waals surface area contributed by atoms with Crippen LogP contribution in [0.2, 0.25) is 0 Å². The second-order valence-corrected chi connectivity index (χ2v) is 24.5. The van der Waals surface area contributed by atoms with Crippen LogP contribution < -0.4 is 4.89 Å². The van der Waals surface area contributed by atoms with Crippen LogP contribution in [-0.2, 0) is 32.7 Å². The molecule has 0 spiro atoms. The zero-order chi connectivity index (χ0) is 54.9. The van der Waals surface area contributed by atoms with Crippen LogP contribution in [0.4, 0.5) is 0 Å².